The molecule has 0 aromatic heterocycles. The number of rotatable bonds is 1. The topological polar surface area (TPSA) is 23.8 Å². The van der Waals surface area contributed by atoms with Gasteiger partial charge in [-0.25, -0.2) is 0 Å². The molecule has 0 unspecified atom stereocenters. The van der Waals surface area contributed by atoms with Crippen molar-refractivity contribution in [1.29, 1.82) is 5.26 Å². The maximum absolute atomic E-state index is 8.44. The Bertz CT molecular complexity index is 335. The molecule has 0 saturated heterocycles. The molecule has 3 heteroatoms. The first kappa shape index (κ1) is 9.12. The van der Waals surface area contributed by atoms with Crippen molar-refractivity contribution in [1.82, 2.24) is 0 Å². The van der Waals surface area contributed by atoms with Gasteiger partial charge in [0.15, 0.2) is 0 Å². The Hall–Kier alpha value is -0.970. The molecule has 0 saturated carbocycles. The van der Waals surface area contributed by atoms with Gasteiger partial charge in [0.25, 0.3) is 0 Å². The Morgan fingerprint density at radius 3 is 2.25 bits per heavy atom. The summed E-state index contributed by atoms with van der Waals surface area (Å²) in [5.41, 5.74) is 0.755. The molecule has 1 aromatic carbocycles. The van der Waals surface area contributed by atoms with E-state index in [2.05, 4.69) is 0 Å². The molecule has 0 atom stereocenters. The summed E-state index contributed by atoms with van der Waals surface area (Å²) in [5, 5.41) is 8.75. The molecule has 0 bridgehead atoms. The zero-order valence-corrected chi connectivity index (χ0v) is 7.60. The first-order valence-electron chi connectivity index (χ1n) is 3.26. The Morgan fingerprint density at radius 1 is 1.17 bits per heavy atom. The van der Waals surface area contributed by atoms with Crippen LogP contribution >= 0.6 is 23.2 Å². The highest BCUT2D eigenvalue weighted by atomic mass is 35.5. The van der Waals surface area contributed by atoms with Crippen LogP contribution < -0.4 is 0 Å². The van der Waals surface area contributed by atoms with Gasteiger partial charge in [0.05, 0.1) is 5.03 Å². The average molecular weight is 198 g/mol. The molecule has 12 heavy (non-hydrogen) atoms. The van der Waals surface area contributed by atoms with Crippen LogP contribution in [0.25, 0.3) is 5.03 Å². The molecule has 0 heterocycles. The summed E-state index contributed by atoms with van der Waals surface area (Å²) in [6, 6.07) is 10.9. The van der Waals surface area contributed by atoms with Gasteiger partial charge < -0.3 is 0 Å². The summed E-state index contributed by atoms with van der Waals surface area (Å²) >= 11 is 11.3. The van der Waals surface area contributed by atoms with Crippen LogP contribution in [-0.4, -0.2) is 0 Å². The molecular formula is C9H5Cl2N. The van der Waals surface area contributed by atoms with E-state index in [1.54, 1.807) is 18.2 Å². The maximum Gasteiger partial charge on any atom is 0.137 e. The second-order valence-electron chi connectivity index (χ2n) is 2.11. The first-order chi connectivity index (χ1) is 5.75. The largest absolute Gasteiger partial charge is 0.191 e. The Balaban J connectivity index is 3.11. The van der Waals surface area contributed by atoms with Crippen LogP contribution in [0.5, 0.6) is 0 Å². The van der Waals surface area contributed by atoms with E-state index in [1.165, 1.54) is 0 Å². The van der Waals surface area contributed by atoms with Gasteiger partial charge in [0.2, 0.25) is 0 Å². The number of hydrogen-bond acceptors (Lipinski definition) is 1. The SMILES string of the molecule is N#CC(Cl)=C(Cl)c1ccccc1. The maximum atomic E-state index is 8.44. The molecule has 0 radical (unpaired) electrons. The van der Waals surface area contributed by atoms with Gasteiger partial charge >= 0.3 is 0 Å². The van der Waals surface area contributed by atoms with Crippen LogP contribution in [0.15, 0.2) is 35.4 Å². The third-order valence-electron chi connectivity index (χ3n) is 1.32. The lowest BCUT2D eigenvalue weighted by Crippen LogP contribution is -1.77. The summed E-state index contributed by atoms with van der Waals surface area (Å²) in [4.78, 5) is 0. The van der Waals surface area contributed by atoms with Crippen molar-refractivity contribution in [3.05, 3.63) is 40.9 Å². The van der Waals surface area contributed by atoms with Crippen molar-refractivity contribution in [2.75, 3.05) is 0 Å². The second kappa shape index (κ2) is 4.15. The molecule has 0 aliphatic carbocycles. The molecule has 0 fully saturated rings. The van der Waals surface area contributed by atoms with Gasteiger partial charge in [-0.15, -0.1) is 0 Å². The molecule has 0 N–H and O–H groups in total. The Kier molecular flexibility index (Phi) is 3.16. The fourth-order valence-electron chi connectivity index (χ4n) is 0.760. The van der Waals surface area contributed by atoms with E-state index in [4.69, 9.17) is 28.5 Å². The van der Waals surface area contributed by atoms with Gasteiger partial charge in [-0.3, -0.25) is 0 Å². The zero-order chi connectivity index (χ0) is 8.97. The van der Waals surface area contributed by atoms with Crippen LogP contribution in [0, 0.1) is 11.3 Å². The lowest BCUT2D eigenvalue weighted by Gasteiger charge is -1.96. The second-order valence-corrected chi connectivity index (χ2v) is 2.86. The molecule has 60 valence electrons. The van der Waals surface area contributed by atoms with Gasteiger partial charge in [0.1, 0.15) is 11.1 Å². The predicted molar refractivity (Wildman–Crippen MR) is 50.7 cm³/mol. The van der Waals surface area contributed by atoms with Crippen molar-refractivity contribution in [3.8, 4) is 6.07 Å². The van der Waals surface area contributed by atoms with Crippen LogP contribution in [0.1, 0.15) is 5.56 Å². The third-order valence-corrected chi connectivity index (χ3v) is 2.10. The molecular weight excluding hydrogens is 193 g/mol. The van der Waals surface area contributed by atoms with E-state index < -0.39 is 0 Å². The highest BCUT2D eigenvalue weighted by molar-refractivity contribution is 6.55. The highest BCUT2D eigenvalue weighted by Gasteiger charge is 2.02. The smallest absolute Gasteiger partial charge is 0.137 e. The van der Waals surface area contributed by atoms with Gasteiger partial charge in [-0.1, -0.05) is 53.5 Å². The number of hydrogen-bond donors (Lipinski definition) is 0. The zero-order valence-electron chi connectivity index (χ0n) is 6.09. The summed E-state index contributed by atoms with van der Waals surface area (Å²) in [6.07, 6.45) is 0. The third kappa shape index (κ3) is 2.01. The molecule has 1 aromatic rings. The van der Waals surface area contributed by atoms with Crippen molar-refractivity contribution in [3.63, 3.8) is 0 Å². The molecule has 0 aliphatic rings. The molecule has 0 spiro atoms. The van der Waals surface area contributed by atoms with Crippen molar-refractivity contribution in [2.24, 2.45) is 0 Å². The standard InChI is InChI=1S/C9H5Cl2N/c10-8(6-12)9(11)7-4-2-1-3-5-7/h1-5H. The van der Waals surface area contributed by atoms with Crippen LogP contribution in [0.4, 0.5) is 0 Å². The lowest BCUT2D eigenvalue weighted by molar-refractivity contribution is 1.52. The molecule has 1 rings (SSSR count). The molecule has 1 nitrogen and oxygen atoms in total. The normalized spacial score (nSPS) is 11.8. The number of halogens is 2. The van der Waals surface area contributed by atoms with Crippen molar-refractivity contribution in [2.45, 2.75) is 0 Å². The number of benzene rings is 1. The summed E-state index contributed by atoms with van der Waals surface area (Å²) in [5.74, 6) is 0. The van der Waals surface area contributed by atoms with Crippen molar-refractivity contribution >= 4 is 28.2 Å². The van der Waals surface area contributed by atoms with Crippen molar-refractivity contribution < 1.29 is 0 Å². The lowest BCUT2D eigenvalue weighted by atomic mass is 10.2. The predicted octanol–water partition coefficient (Wildman–Crippen LogP) is 3.36. The van der Waals surface area contributed by atoms with Crippen LogP contribution in [0.2, 0.25) is 0 Å². The summed E-state index contributed by atoms with van der Waals surface area (Å²) in [6.45, 7) is 0. The first-order valence-corrected chi connectivity index (χ1v) is 4.02. The monoisotopic (exact) mass is 197 g/mol. The minimum Gasteiger partial charge on any atom is -0.191 e. The Labute approximate surface area is 80.8 Å². The average Bonchev–Trinajstić information content (AvgIpc) is 2.17. The van der Waals surface area contributed by atoms with Gasteiger partial charge in [0, 0.05) is 0 Å². The quantitative estimate of drug-likeness (QED) is 0.634. The van der Waals surface area contributed by atoms with E-state index in [0.29, 0.717) is 5.03 Å². The highest BCUT2D eigenvalue weighted by Crippen LogP contribution is 2.24. The molecule has 0 amide bonds. The van der Waals surface area contributed by atoms with E-state index in [0.717, 1.165) is 5.56 Å². The van der Waals surface area contributed by atoms with E-state index in [-0.39, 0.29) is 5.03 Å². The summed E-state index contributed by atoms with van der Waals surface area (Å²) in [7, 11) is 0. The fraction of sp³-hybridized carbons (Fsp3) is 0. The number of nitrogens with zero attached hydrogens (tertiary/aromatic N) is 1. The minimum atomic E-state index is 0.0165. The van der Waals surface area contributed by atoms with Crippen LogP contribution in [0.3, 0.4) is 0 Å². The van der Waals surface area contributed by atoms with Crippen LogP contribution in [-0.2, 0) is 0 Å². The fourth-order valence-corrected chi connectivity index (χ4v) is 1.04. The molecule has 0 aliphatic heterocycles. The minimum absolute atomic E-state index is 0.0165. The van der Waals surface area contributed by atoms with E-state index >= 15 is 0 Å². The summed E-state index contributed by atoms with van der Waals surface area (Å²) < 4.78 is 0. The number of allylic oxidation sites excluding steroid dienone is 1. The Morgan fingerprint density at radius 2 is 1.75 bits per heavy atom. The van der Waals surface area contributed by atoms with Gasteiger partial charge in [-0.05, 0) is 5.56 Å². The van der Waals surface area contributed by atoms with E-state index in [9.17, 15) is 0 Å². The number of nitriles is 1. The van der Waals surface area contributed by atoms with E-state index in [1.807, 2.05) is 18.2 Å². The van der Waals surface area contributed by atoms with Gasteiger partial charge in [-0.2, -0.15) is 5.26 Å².